The summed E-state index contributed by atoms with van der Waals surface area (Å²) in [5.41, 5.74) is 0.0328. The van der Waals surface area contributed by atoms with Crippen LogP contribution in [0.1, 0.15) is 17.3 Å². The monoisotopic (exact) mass is 257 g/mol. The summed E-state index contributed by atoms with van der Waals surface area (Å²) >= 11 is 0. The summed E-state index contributed by atoms with van der Waals surface area (Å²) in [6.07, 6.45) is 0. The first kappa shape index (κ1) is 13.3. The number of benzene rings is 1. The van der Waals surface area contributed by atoms with Gasteiger partial charge in [-0.2, -0.15) is 4.72 Å². The molecule has 1 aromatic carbocycles. The zero-order chi connectivity index (χ0) is 13.1. The topological polar surface area (TPSA) is 101 Å². The Morgan fingerprint density at radius 1 is 1.29 bits per heavy atom. The molecule has 1 aromatic rings. The van der Waals surface area contributed by atoms with Crippen LogP contribution in [0, 0.1) is 0 Å². The number of hydrogen-bond acceptors (Lipinski definition) is 4. The van der Waals surface area contributed by atoms with Crippen molar-refractivity contribution in [1.29, 1.82) is 0 Å². The van der Waals surface area contributed by atoms with E-state index in [0.29, 0.717) is 0 Å². The summed E-state index contributed by atoms with van der Waals surface area (Å²) in [5, 5.41) is 8.41. The Morgan fingerprint density at radius 3 is 2.41 bits per heavy atom. The van der Waals surface area contributed by atoms with E-state index in [1.54, 1.807) is 0 Å². The van der Waals surface area contributed by atoms with E-state index in [1.807, 2.05) is 4.72 Å². The Bertz CT molecular complexity index is 550. The van der Waals surface area contributed by atoms with Crippen molar-refractivity contribution in [1.82, 2.24) is 4.72 Å². The molecule has 2 N–H and O–H groups in total. The van der Waals surface area contributed by atoms with Crippen LogP contribution in [0.3, 0.4) is 0 Å². The minimum atomic E-state index is -3.98. The number of nitrogens with one attached hydrogen (secondary N) is 1. The second-order valence-electron chi connectivity index (χ2n) is 3.27. The molecular formula is C10H11NO5S. The number of hydrogen-bond donors (Lipinski definition) is 2. The van der Waals surface area contributed by atoms with E-state index in [2.05, 4.69) is 0 Å². The molecule has 1 rings (SSSR count). The van der Waals surface area contributed by atoms with Gasteiger partial charge in [0.2, 0.25) is 10.0 Å². The summed E-state index contributed by atoms with van der Waals surface area (Å²) in [5.74, 6) is -1.70. The third-order valence-corrected chi connectivity index (χ3v) is 3.43. The molecule has 0 heterocycles. The molecular weight excluding hydrogens is 246 g/mol. The Hall–Kier alpha value is -1.73. The van der Waals surface area contributed by atoms with E-state index < -0.39 is 28.3 Å². The Morgan fingerprint density at radius 2 is 1.88 bits per heavy atom. The predicted molar refractivity (Wildman–Crippen MR) is 59.3 cm³/mol. The van der Waals surface area contributed by atoms with Crippen molar-refractivity contribution in [2.24, 2.45) is 0 Å². The maximum absolute atomic E-state index is 11.7. The molecule has 0 unspecified atom stereocenters. The van der Waals surface area contributed by atoms with Gasteiger partial charge in [-0.15, -0.1) is 0 Å². The molecule has 7 heteroatoms. The van der Waals surface area contributed by atoms with Crippen molar-refractivity contribution in [2.45, 2.75) is 11.8 Å². The van der Waals surface area contributed by atoms with Gasteiger partial charge < -0.3 is 5.11 Å². The fourth-order valence-electron chi connectivity index (χ4n) is 1.23. The van der Waals surface area contributed by atoms with Crippen molar-refractivity contribution in [3.8, 4) is 0 Å². The highest BCUT2D eigenvalue weighted by Crippen LogP contribution is 2.15. The highest BCUT2D eigenvalue weighted by Gasteiger charge is 2.20. The lowest BCUT2D eigenvalue weighted by Crippen LogP contribution is -2.30. The maximum atomic E-state index is 11.7. The standard InChI is InChI=1S/C10H11NO5S/c1-7(12)8-4-2-3-5-9(8)17(15,16)11-6-10(13)14/h2-5,11H,6H2,1H3,(H,13,14). The largest absolute Gasteiger partial charge is 0.480 e. The van der Waals surface area contributed by atoms with Crippen LogP contribution >= 0.6 is 0 Å². The Labute approximate surface area is 98.3 Å². The number of Topliss-reactive ketones (excluding diaryl/α,β-unsaturated/α-hetero) is 1. The third kappa shape index (κ3) is 3.36. The molecule has 0 aliphatic rings. The fourth-order valence-corrected chi connectivity index (χ4v) is 2.45. The average molecular weight is 257 g/mol. The Balaban J connectivity index is 3.15. The summed E-state index contributed by atoms with van der Waals surface area (Å²) in [7, 11) is -3.98. The lowest BCUT2D eigenvalue weighted by atomic mass is 10.1. The van der Waals surface area contributed by atoms with Crippen LogP contribution in [0.15, 0.2) is 29.2 Å². The van der Waals surface area contributed by atoms with Crippen LogP contribution in [0.4, 0.5) is 0 Å². The molecule has 0 spiro atoms. The molecule has 0 radical (unpaired) electrons. The minimum absolute atomic E-state index is 0.0328. The maximum Gasteiger partial charge on any atom is 0.318 e. The van der Waals surface area contributed by atoms with Crippen LogP contribution in [-0.4, -0.2) is 31.8 Å². The highest BCUT2D eigenvalue weighted by molar-refractivity contribution is 7.89. The van der Waals surface area contributed by atoms with Crippen LogP contribution in [0.5, 0.6) is 0 Å². The first-order valence-corrected chi connectivity index (χ1v) is 6.14. The molecule has 92 valence electrons. The summed E-state index contributed by atoms with van der Waals surface area (Å²) in [6, 6.07) is 5.62. The van der Waals surface area contributed by atoms with E-state index >= 15 is 0 Å². The number of carboxylic acid groups (broad SMARTS) is 1. The first-order chi connectivity index (χ1) is 7.84. The molecule has 0 saturated carbocycles. The summed E-state index contributed by atoms with van der Waals surface area (Å²) < 4.78 is 25.4. The van der Waals surface area contributed by atoms with Crippen molar-refractivity contribution < 1.29 is 23.1 Å². The number of carboxylic acids is 1. The number of sulfonamides is 1. The van der Waals surface area contributed by atoms with Gasteiger partial charge in [0.1, 0.15) is 6.54 Å². The van der Waals surface area contributed by atoms with E-state index in [4.69, 9.17) is 5.11 Å². The molecule has 0 atom stereocenters. The molecule has 0 saturated heterocycles. The molecule has 17 heavy (non-hydrogen) atoms. The van der Waals surface area contributed by atoms with Crippen molar-refractivity contribution in [2.75, 3.05) is 6.54 Å². The van der Waals surface area contributed by atoms with Crippen LogP contribution in [-0.2, 0) is 14.8 Å². The highest BCUT2D eigenvalue weighted by atomic mass is 32.2. The number of carbonyl (C=O) groups is 2. The van der Waals surface area contributed by atoms with Crippen LogP contribution in [0.2, 0.25) is 0 Å². The molecule has 0 bridgehead atoms. The van der Waals surface area contributed by atoms with Gasteiger partial charge in [0.15, 0.2) is 5.78 Å². The quantitative estimate of drug-likeness (QED) is 0.736. The van der Waals surface area contributed by atoms with E-state index in [0.717, 1.165) is 0 Å². The van der Waals surface area contributed by atoms with Gasteiger partial charge in [0.05, 0.1) is 4.90 Å². The van der Waals surface area contributed by atoms with E-state index in [1.165, 1.54) is 31.2 Å². The van der Waals surface area contributed by atoms with Gasteiger partial charge in [-0.25, -0.2) is 8.42 Å². The lowest BCUT2D eigenvalue weighted by molar-refractivity contribution is -0.135. The normalized spacial score (nSPS) is 11.1. The Kier molecular flexibility index (Phi) is 3.97. The molecule has 0 aliphatic carbocycles. The van der Waals surface area contributed by atoms with E-state index in [-0.39, 0.29) is 10.5 Å². The number of aliphatic carboxylic acids is 1. The van der Waals surface area contributed by atoms with Gasteiger partial charge >= 0.3 is 5.97 Å². The van der Waals surface area contributed by atoms with Gasteiger partial charge in [-0.3, -0.25) is 9.59 Å². The van der Waals surface area contributed by atoms with Gasteiger partial charge in [-0.05, 0) is 13.0 Å². The smallest absolute Gasteiger partial charge is 0.318 e. The third-order valence-electron chi connectivity index (χ3n) is 1.97. The molecule has 0 aliphatic heterocycles. The predicted octanol–water partition coefficient (Wildman–Crippen LogP) is 0.252. The zero-order valence-corrected chi connectivity index (χ0v) is 9.82. The number of rotatable bonds is 5. The second-order valence-corrected chi connectivity index (χ2v) is 5.01. The summed E-state index contributed by atoms with van der Waals surface area (Å²) in [6.45, 7) is 0.514. The average Bonchev–Trinajstić information content (AvgIpc) is 2.26. The van der Waals surface area contributed by atoms with Gasteiger partial charge in [0, 0.05) is 5.56 Å². The van der Waals surface area contributed by atoms with E-state index in [9.17, 15) is 18.0 Å². The van der Waals surface area contributed by atoms with Crippen molar-refractivity contribution in [3.63, 3.8) is 0 Å². The molecule has 0 amide bonds. The van der Waals surface area contributed by atoms with Crippen LogP contribution in [0.25, 0.3) is 0 Å². The van der Waals surface area contributed by atoms with Gasteiger partial charge in [-0.1, -0.05) is 18.2 Å². The molecule has 6 nitrogen and oxygen atoms in total. The minimum Gasteiger partial charge on any atom is -0.480 e. The fraction of sp³-hybridized carbons (Fsp3) is 0.200. The molecule has 0 fully saturated rings. The van der Waals surface area contributed by atoms with Crippen molar-refractivity contribution in [3.05, 3.63) is 29.8 Å². The SMILES string of the molecule is CC(=O)c1ccccc1S(=O)(=O)NCC(=O)O. The lowest BCUT2D eigenvalue weighted by Gasteiger charge is -2.08. The first-order valence-electron chi connectivity index (χ1n) is 4.66. The van der Waals surface area contributed by atoms with Crippen LogP contribution < -0.4 is 4.72 Å². The zero-order valence-electron chi connectivity index (χ0n) is 9.00. The number of carbonyl (C=O) groups excluding carboxylic acids is 1. The van der Waals surface area contributed by atoms with Gasteiger partial charge in [0.25, 0.3) is 0 Å². The summed E-state index contributed by atoms with van der Waals surface area (Å²) in [4.78, 5) is 21.3. The molecule has 0 aromatic heterocycles. The van der Waals surface area contributed by atoms with Crippen molar-refractivity contribution >= 4 is 21.8 Å². The second kappa shape index (κ2) is 5.07. The number of ketones is 1.